The third kappa shape index (κ3) is 9.84. The third-order valence-corrected chi connectivity index (χ3v) is 4.23. The van der Waals surface area contributed by atoms with Crippen molar-refractivity contribution in [3.63, 3.8) is 0 Å². The Labute approximate surface area is 190 Å². The van der Waals surface area contributed by atoms with Gasteiger partial charge in [-0.2, -0.15) is 0 Å². The van der Waals surface area contributed by atoms with Crippen molar-refractivity contribution >= 4 is 23.9 Å². The first kappa shape index (κ1) is 27.1. The predicted molar refractivity (Wildman–Crippen MR) is 118 cm³/mol. The number of guanidine groups is 1. The van der Waals surface area contributed by atoms with Gasteiger partial charge in [-0.15, -0.1) is 0 Å². The lowest BCUT2D eigenvalue weighted by atomic mass is 10.0. The number of alkyl carbamates (subject to hydrolysis) is 1. The van der Waals surface area contributed by atoms with Gasteiger partial charge < -0.3 is 31.5 Å². The van der Waals surface area contributed by atoms with E-state index in [1.807, 2.05) is 0 Å². The molecule has 0 unspecified atom stereocenters. The number of nitrogens with two attached hydrogens (primary N) is 1. The standard InChI is InChI=1S/C20H30N6O7/c1-19(2,3)33-18(30)23-14(12-13-8-5-4-6-9-13)15(27)24-20(16(28)29,25-17(21)22)10-7-11-26(31)32/h4-6,8-9,14H,7,10-12H2,1-3H3,(H,23,30)(H,24,27)(H,28,29)(H4,21,22,25)/t14-,20-/m1/s1. The minimum Gasteiger partial charge on any atom is -0.478 e. The van der Waals surface area contributed by atoms with Crippen LogP contribution in [0.5, 0.6) is 0 Å². The molecule has 0 spiro atoms. The number of ether oxygens (including phenoxy) is 1. The number of nitrogens with one attached hydrogen (secondary N) is 4. The molecule has 0 aromatic heterocycles. The highest BCUT2D eigenvalue weighted by molar-refractivity contribution is 5.93. The van der Waals surface area contributed by atoms with Gasteiger partial charge in [-0.25, -0.2) is 9.59 Å². The van der Waals surface area contributed by atoms with Crippen molar-refractivity contribution < 1.29 is 29.2 Å². The maximum absolute atomic E-state index is 13.1. The Kier molecular flexibility index (Phi) is 9.57. The first-order chi connectivity index (χ1) is 15.2. The molecule has 1 rings (SSSR count). The molecular weight excluding hydrogens is 436 g/mol. The number of carboxylic acids is 1. The molecule has 0 saturated carbocycles. The van der Waals surface area contributed by atoms with Crippen molar-refractivity contribution in [1.29, 1.82) is 5.41 Å². The molecule has 0 aliphatic heterocycles. The molecule has 7 N–H and O–H groups in total. The van der Waals surface area contributed by atoms with Crippen LogP contribution in [0, 0.1) is 15.5 Å². The largest absolute Gasteiger partial charge is 0.478 e. The third-order valence-electron chi connectivity index (χ3n) is 4.23. The highest BCUT2D eigenvalue weighted by Gasteiger charge is 2.42. The van der Waals surface area contributed by atoms with E-state index in [9.17, 15) is 29.6 Å². The van der Waals surface area contributed by atoms with Crippen LogP contribution >= 0.6 is 0 Å². The van der Waals surface area contributed by atoms with Crippen molar-refractivity contribution in [1.82, 2.24) is 16.0 Å². The van der Waals surface area contributed by atoms with E-state index in [2.05, 4.69) is 16.0 Å². The molecule has 0 fully saturated rings. The van der Waals surface area contributed by atoms with Crippen molar-refractivity contribution in [2.24, 2.45) is 5.73 Å². The topological polar surface area (TPSA) is 210 Å². The first-order valence-electron chi connectivity index (χ1n) is 10.1. The second-order valence-electron chi connectivity index (χ2n) is 8.29. The zero-order chi connectivity index (χ0) is 25.2. The van der Waals surface area contributed by atoms with Crippen LogP contribution in [-0.2, 0) is 20.7 Å². The Morgan fingerprint density at radius 3 is 2.30 bits per heavy atom. The lowest BCUT2D eigenvalue weighted by molar-refractivity contribution is -0.480. The number of amides is 2. The fraction of sp³-hybridized carbons (Fsp3) is 0.500. The number of carboxylic acid groups (broad SMARTS) is 1. The van der Waals surface area contributed by atoms with Crippen molar-refractivity contribution in [3.8, 4) is 0 Å². The average molecular weight is 466 g/mol. The maximum Gasteiger partial charge on any atom is 0.408 e. The van der Waals surface area contributed by atoms with Gasteiger partial charge in [0.15, 0.2) is 5.96 Å². The summed E-state index contributed by atoms with van der Waals surface area (Å²) in [5, 5.41) is 34.7. The van der Waals surface area contributed by atoms with Crippen LogP contribution in [-0.4, -0.2) is 57.8 Å². The van der Waals surface area contributed by atoms with Crippen LogP contribution in [0.1, 0.15) is 39.2 Å². The fourth-order valence-electron chi connectivity index (χ4n) is 2.88. The monoisotopic (exact) mass is 466 g/mol. The minimum absolute atomic E-state index is 0.00339. The van der Waals surface area contributed by atoms with E-state index in [1.165, 1.54) is 0 Å². The Bertz CT molecular complexity index is 871. The Balaban J connectivity index is 3.20. The molecular formula is C20H30N6O7. The van der Waals surface area contributed by atoms with Crippen LogP contribution in [0.3, 0.4) is 0 Å². The zero-order valence-corrected chi connectivity index (χ0v) is 18.7. The van der Waals surface area contributed by atoms with Crippen LogP contribution in [0.4, 0.5) is 4.79 Å². The number of carbonyl (C=O) groups excluding carboxylic acids is 2. The van der Waals surface area contributed by atoms with E-state index >= 15 is 0 Å². The van der Waals surface area contributed by atoms with Gasteiger partial charge in [0.05, 0.1) is 0 Å². The zero-order valence-electron chi connectivity index (χ0n) is 18.7. The van der Waals surface area contributed by atoms with Gasteiger partial charge in [0.25, 0.3) is 0 Å². The van der Waals surface area contributed by atoms with Crippen molar-refractivity contribution in [2.75, 3.05) is 6.54 Å². The molecule has 0 aliphatic rings. The molecule has 2 amide bonds. The number of carbonyl (C=O) groups is 3. The Morgan fingerprint density at radius 1 is 1.21 bits per heavy atom. The molecule has 1 aromatic carbocycles. The highest BCUT2D eigenvalue weighted by atomic mass is 16.6. The van der Waals surface area contributed by atoms with E-state index in [-0.39, 0.29) is 12.8 Å². The van der Waals surface area contributed by atoms with E-state index in [4.69, 9.17) is 15.9 Å². The SMILES string of the molecule is CC(C)(C)OC(=O)N[C@H](Cc1ccccc1)C(=O)N[C@](CCC[N+](=O)[O-])(NC(=N)N)C(=O)O. The van der Waals surface area contributed by atoms with Crippen LogP contribution in [0.2, 0.25) is 0 Å². The number of aliphatic carboxylic acids is 1. The molecule has 0 bridgehead atoms. The molecule has 1 aromatic rings. The second-order valence-corrected chi connectivity index (χ2v) is 8.29. The summed E-state index contributed by atoms with van der Waals surface area (Å²) < 4.78 is 5.20. The van der Waals surface area contributed by atoms with E-state index in [1.54, 1.807) is 51.1 Å². The highest BCUT2D eigenvalue weighted by Crippen LogP contribution is 2.14. The molecule has 0 heterocycles. The summed E-state index contributed by atoms with van der Waals surface area (Å²) in [7, 11) is 0. The number of nitrogens with zero attached hydrogens (tertiary/aromatic N) is 1. The lowest BCUT2D eigenvalue weighted by Crippen LogP contribution is -2.69. The van der Waals surface area contributed by atoms with E-state index < -0.39 is 59.1 Å². The summed E-state index contributed by atoms with van der Waals surface area (Å²) in [5.74, 6) is -3.29. The van der Waals surface area contributed by atoms with Crippen molar-refractivity contribution in [2.45, 2.75) is 57.3 Å². The summed E-state index contributed by atoms with van der Waals surface area (Å²) in [6.45, 7) is 4.36. The molecule has 0 saturated heterocycles. The number of benzene rings is 1. The Hall–Kier alpha value is -3.90. The first-order valence-corrected chi connectivity index (χ1v) is 10.1. The Morgan fingerprint density at radius 2 is 1.82 bits per heavy atom. The van der Waals surface area contributed by atoms with Gasteiger partial charge in [0.2, 0.25) is 18.1 Å². The number of nitro groups is 1. The van der Waals surface area contributed by atoms with E-state index in [0.29, 0.717) is 5.56 Å². The molecule has 182 valence electrons. The molecule has 33 heavy (non-hydrogen) atoms. The maximum atomic E-state index is 13.1. The van der Waals surface area contributed by atoms with Crippen LogP contribution in [0.15, 0.2) is 30.3 Å². The fourth-order valence-corrected chi connectivity index (χ4v) is 2.88. The summed E-state index contributed by atoms with van der Waals surface area (Å²) in [5.41, 5.74) is 2.83. The molecule has 0 radical (unpaired) electrons. The number of hydrogen-bond acceptors (Lipinski definition) is 7. The summed E-state index contributed by atoms with van der Waals surface area (Å²) in [6, 6.07) is 7.40. The average Bonchev–Trinajstić information content (AvgIpc) is 2.65. The van der Waals surface area contributed by atoms with Gasteiger partial charge in [-0.05, 0) is 26.3 Å². The van der Waals surface area contributed by atoms with Gasteiger partial charge in [0.1, 0.15) is 11.6 Å². The molecule has 13 heteroatoms. The van der Waals surface area contributed by atoms with Gasteiger partial charge in [0, 0.05) is 24.2 Å². The summed E-state index contributed by atoms with van der Waals surface area (Å²) in [6.07, 6.45) is -1.58. The normalized spacial score (nSPS) is 13.7. The smallest absolute Gasteiger partial charge is 0.408 e. The van der Waals surface area contributed by atoms with Gasteiger partial charge in [-0.1, -0.05) is 30.3 Å². The van der Waals surface area contributed by atoms with Crippen molar-refractivity contribution in [3.05, 3.63) is 46.0 Å². The predicted octanol–water partition coefficient (Wildman–Crippen LogP) is 0.559. The van der Waals surface area contributed by atoms with Gasteiger partial charge >= 0.3 is 12.1 Å². The number of rotatable bonds is 11. The van der Waals surface area contributed by atoms with E-state index in [0.717, 1.165) is 0 Å². The van der Waals surface area contributed by atoms with Gasteiger partial charge in [-0.3, -0.25) is 20.3 Å². The lowest BCUT2D eigenvalue weighted by Gasteiger charge is -2.33. The molecule has 13 nitrogen and oxygen atoms in total. The quantitative estimate of drug-likeness (QED) is 0.0883. The van der Waals surface area contributed by atoms with Crippen LogP contribution in [0.25, 0.3) is 0 Å². The molecule has 0 aliphatic carbocycles. The number of hydrogen-bond donors (Lipinski definition) is 6. The van der Waals surface area contributed by atoms with Crippen LogP contribution < -0.4 is 21.7 Å². The minimum atomic E-state index is -2.30. The summed E-state index contributed by atoms with van der Waals surface area (Å²) >= 11 is 0. The summed E-state index contributed by atoms with van der Waals surface area (Å²) in [4.78, 5) is 47.5. The molecule has 2 atom stereocenters. The second kappa shape index (κ2) is 11.6.